The number of nitrogens with zero attached hydrogens (tertiary/aromatic N) is 1. The van der Waals surface area contributed by atoms with Crippen molar-refractivity contribution in [2.75, 3.05) is 12.4 Å². The SMILES string of the molecule is COc1cccc(NC(=O)C[C@@H](c2ccc(F)cc2)N2Cc3ccccc3C2=O)c1. The van der Waals surface area contributed by atoms with Gasteiger partial charge in [-0.3, -0.25) is 9.59 Å². The number of carbonyl (C=O) groups is 2. The summed E-state index contributed by atoms with van der Waals surface area (Å²) in [6.45, 7) is 0.406. The highest BCUT2D eigenvalue weighted by Crippen LogP contribution is 2.34. The Morgan fingerprint density at radius 3 is 2.60 bits per heavy atom. The van der Waals surface area contributed by atoms with Crippen molar-refractivity contribution in [3.05, 3.63) is 95.3 Å². The molecule has 30 heavy (non-hydrogen) atoms. The van der Waals surface area contributed by atoms with Crippen molar-refractivity contribution >= 4 is 17.5 Å². The number of hydrogen-bond acceptors (Lipinski definition) is 3. The molecule has 3 aromatic carbocycles. The third-order valence-corrected chi connectivity index (χ3v) is 5.21. The van der Waals surface area contributed by atoms with Gasteiger partial charge in [0.15, 0.2) is 0 Å². The Bertz CT molecular complexity index is 1080. The van der Waals surface area contributed by atoms with E-state index in [4.69, 9.17) is 4.74 Å². The number of anilines is 1. The van der Waals surface area contributed by atoms with Gasteiger partial charge >= 0.3 is 0 Å². The topological polar surface area (TPSA) is 58.6 Å². The standard InChI is InChI=1S/C24H21FN2O3/c1-30-20-7-4-6-19(13-20)26-23(28)14-22(16-9-11-18(25)12-10-16)27-15-17-5-2-3-8-21(17)24(27)29/h2-13,22H,14-15H2,1H3,(H,26,28)/t22-/m0/s1. The number of carbonyl (C=O) groups excluding carboxylic acids is 2. The van der Waals surface area contributed by atoms with Gasteiger partial charge in [-0.15, -0.1) is 0 Å². The Labute approximate surface area is 174 Å². The molecule has 0 radical (unpaired) electrons. The van der Waals surface area contributed by atoms with E-state index in [1.54, 1.807) is 54.5 Å². The van der Waals surface area contributed by atoms with Crippen LogP contribution in [0.15, 0.2) is 72.8 Å². The van der Waals surface area contributed by atoms with E-state index in [-0.39, 0.29) is 24.1 Å². The number of methoxy groups -OCH3 is 1. The molecule has 0 aromatic heterocycles. The second-order valence-corrected chi connectivity index (χ2v) is 7.14. The zero-order valence-electron chi connectivity index (χ0n) is 16.5. The van der Waals surface area contributed by atoms with Gasteiger partial charge in [0.1, 0.15) is 11.6 Å². The van der Waals surface area contributed by atoms with E-state index in [1.165, 1.54) is 12.1 Å². The lowest BCUT2D eigenvalue weighted by Gasteiger charge is -2.28. The summed E-state index contributed by atoms with van der Waals surface area (Å²) in [4.78, 5) is 27.5. The summed E-state index contributed by atoms with van der Waals surface area (Å²) in [5, 5.41) is 2.86. The van der Waals surface area contributed by atoms with Gasteiger partial charge in [-0.25, -0.2) is 4.39 Å². The Morgan fingerprint density at radius 2 is 1.87 bits per heavy atom. The summed E-state index contributed by atoms with van der Waals surface area (Å²) in [6.07, 6.45) is 0.0442. The molecule has 0 aliphatic carbocycles. The summed E-state index contributed by atoms with van der Waals surface area (Å²) >= 11 is 0. The maximum atomic E-state index is 13.5. The van der Waals surface area contributed by atoms with Crippen LogP contribution in [0.2, 0.25) is 0 Å². The molecule has 1 atom stereocenters. The van der Waals surface area contributed by atoms with Crippen LogP contribution in [-0.4, -0.2) is 23.8 Å². The Morgan fingerprint density at radius 1 is 1.10 bits per heavy atom. The largest absolute Gasteiger partial charge is 0.497 e. The van der Waals surface area contributed by atoms with Gasteiger partial charge in [0.25, 0.3) is 5.91 Å². The second kappa shape index (κ2) is 8.37. The van der Waals surface area contributed by atoms with E-state index in [9.17, 15) is 14.0 Å². The lowest BCUT2D eigenvalue weighted by atomic mass is 10.0. The highest BCUT2D eigenvalue weighted by atomic mass is 19.1. The van der Waals surface area contributed by atoms with Crippen molar-refractivity contribution in [1.29, 1.82) is 0 Å². The molecule has 4 rings (SSSR count). The molecule has 152 valence electrons. The summed E-state index contributed by atoms with van der Waals surface area (Å²) in [5.41, 5.74) is 2.87. The third kappa shape index (κ3) is 4.03. The lowest BCUT2D eigenvalue weighted by Crippen LogP contribution is -2.32. The first-order chi connectivity index (χ1) is 14.5. The number of halogens is 1. The fraction of sp³-hybridized carbons (Fsp3) is 0.167. The highest BCUT2D eigenvalue weighted by molar-refractivity contribution is 5.99. The normalized spacial score (nSPS) is 13.7. The van der Waals surface area contributed by atoms with Crippen LogP contribution in [0.3, 0.4) is 0 Å². The molecule has 1 heterocycles. The van der Waals surface area contributed by atoms with Crippen molar-refractivity contribution in [2.24, 2.45) is 0 Å². The molecule has 1 aliphatic rings. The smallest absolute Gasteiger partial charge is 0.255 e. The average molecular weight is 404 g/mol. The number of ether oxygens (including phenoxy) is 1. The molecule has 5 nitrogen and oxygen atoms in total. The molecule has 6 heteroatoms. The molecule has 0 saturated carbocycles. The molecule has 1 aliphatic heterocycles. The Balaban J connectivity index is 1.59. The fourth-order valence-corrected chi connectivity index (χ4v) is 3.71. The number of fused-ring (bicyclic) bond motifs is 1. The van der Waals surface area contributed by atoms with Crippen LogP contribution < -0.4 is 10.1 Å². The average Bonchev–Trinajstić information content (AvgIpc) is 3.09. The van der Waals surface area contributed by atoms with Gasteiger partial charge in [-0.1, -0.05) is 36.4 Å². The molecular formula is C24H21FN2O3. The van der Waals surface area contributed by atoms with Crippen LogP contribution in [0.1, 0.15) is 33.9 Å². The van der Waals surface area contributed by atoms with Crippen LogP contribution in [0, 0.1) is 5.82 Å². The summed E-state index contributed by atoms with van der Waals surface area (Å²) < 4.78 is 18.7. The Kier molecular flexibility index (Phi) is 5.48. The maximum absolute atomic E-state index is 13.5. The van der Waals surface area contributed by atoms with Gasteiger partial charge < -0.3 is 15.0 Å². The zero-order chi connectivity index (χ0) is 21.1. The van der Waals surface area contributed by atoms with Crippen LogP contribution in [0.4, 0.5) is 10.1 Å². The van der Waals surface area contributed by atoms with Crippen molar-refractivity contribution in [3.8, 4) is 5.75 Å². The maximum Gasteiger partial charge on any atom is 0.255 e. The van der Waals surface area contributed by atoms with Crippen LogP contribution in [-0.2, 0) is 11.3 Å². The minimum absolute atomic E-state index is 0.0442. The number of benzene rings is 3. The molecule has 2 amide bonds. The van der Waals surface area contributed by atoms with E-state index in [0.717, 1.165) is 5.56 Å². The van der Waals surface area contributed by atoms with Crippen molar-refractivity contribution in [2.45, 2.75) is 19.0 Å². The molecule has 1 N–H and O–H groups in total. The molecule has 0 unspecified atom stereocenters. The summed E-state index contributed by atoms with van der Waals surface area (Å²) in [5.74, 6) is -0.113. The van der Waals surface area contributed by atoms with Gasteiger partial charge in [0, 0.05) is 23.9 Å². The predicted molar refractivity (Wildman–Crippen MR) is 112 cm³/mol. The van der Waals surface area contributed by atoms with Gasteiger partial charge in [0.2, 0.25) is 5.91 Å². The van der Waals surface area contributed by atoms with E-state index in [0.29, 0.717) is 29.1 Å². The molecule has 0 saturated heterocycles. The first kappa shape index (κ1) is 19.6. The molecule has 0 spiro atoms. The monoisotopic (exact) mass is 404 g/mol. The molecule has 3 aromatic rings. The minimum atomic E-state index is -0.517. The predicted octanol–water partition coefficient (Wildman–Crippen LogP) is 4.56. The first-order valence-corrected chi connectivity index (χ1v) is 9.63. The number of rotatable bonds is 6. The van der Waals surface area contributed by atoms with Crippen molar-refractivity contribution in [1.82, 2.24) is 4.90 Å². The van der Waals surface area contributed by atoms with Gasteiger partial charge in [0.05, 0.1) is 19.6 Å². The van der Waals surface area contributed by atoms with Crippen molar-refractivity contribution in [3.63, 3.8) is 0 Å². The molecule has 0 bridgehead atoms. The Hall–Kier alpha value is -3.67. The van der Waals surface area contributed by atoms with E-state index in [2.05, 4.69) is 5.32 Å². The fourth-order valence-electron chi connectivity index (χ4n) is 3.71. The number of amides is 2. The van der Waals surface area contributed by atoms with E-state index in [1.807, 2.05) is 18.2 Å². The van der Waals surface area contributed by atoms with Crippen LogP contribution in [0.5, 0.6) is 5.75 Å². The molecule has 0 fully saturated rings. The lowest BCUT2D eigenvalue weighted by molar-refractivity contribution is -0.117. The van der Waals surface area contributed by atoms with Crippen LogP contribution >= 0.6 is 0 Å². The van der Waals surface area contributed by atoms with Gasteiger partial charge in [-0.2, -0.15) is 0 Å². The third-order valence-electron chi connectivity index (χ3n) is 5.21. The van der Waals surface area contributed by atoms with Gasteiger partial charge in [-0.05, 0) is 41.5 Å². The van der Waals surface area contributed by atoms with E-state index < -0.39 is 6.04 Å². The van der Waals surface area contributed by atoms with Crippen LogP contribution in [0.25, 0.3) is 0 Å². The highest BCUT2D eigenvalue weighted by Gasteiger charge is 2.34. The quantitative estimate of drug-likeness (QED) is 0.655. The first-order valence-electron chi connectivity index (χ1n) is 9.63. The number of hydrogen-bond donors (Lipinski definition) is 1. The summed E-state index contributed by atoms with van der Waals surface area (Å²) in [7, 11) is 1.56. The second-order valence-electron chi connectivity index (χ2n) is 7.14. The molecular weight excluding hydrogens is 383 g/mol. The summed E-state index contributed by atoms with van der Waals surface area (Å²) in [6, 6.07) is 19.9. The van der Waals surface area contributed by atoms with Crippen molar-refractivity contribution < 1.29 is 18.7 Å². The minimum Gasteiger partial charge on any atom is -0.497 e. The van der Waals surface area contributed by atoms with E-state index >= 15 is 0 Å². The number of nitrogens with one attached hydrogen (secondary N) is 1. The zero-order valence-corrected chi connectivity index (χ0v) is 16.5.